The molecule has 0 saturated carbocycles. The van der Waals surface area contributed by atoms with Crippen molar-refractivity contribution in [2.75, 3.05) is 19.7 Å². The molecule has 0 unspecified atom stereocenters. The van der Waals surface area contributed by atoms with Crippen molar-refractivity contribution in [2.24, 2.45) is 5.41 Å². The van der Waals surface area contributed by atoms with Gasteiger partial charge in [0.05, 0.1) is 0 Å². The second-order valence-electron chi connectivity index (χ2n) is 6.15. The zero-order valence-corrected chi connectivity index (χ0v) is 12.2. The van der Waals surface area contributed by atoms with Gasteiger partial charge >= 0.3 is 0 Å². The monoisotopic (exact) mass is 249 g/mol. The van der Waals surface area contributed by atoms with Crippen LogP contribution in [0, 0.1) is 5.41 Å². The molecule has 0 saturated heterocycles. The third-order valence-electron chi connectivity index (χ3n) is 3.27. The number of hydrogen-bond acceptors (Lipinski definition) is 2. The van der Waals surface area contributed by atoms with Crippen LogP contribution in [-0.4, -0.2) is 24.8 Å². The van der Waals surface area contributed by atoms with Crippen molar-refractivity contribution < 1.29 is 5.11 Å². The first-order chi connectivity index (χ1) is 8.44. The number of nitrogens with one attached hydrogen (secondary N) is 1. The first-order valence-corrected chi connectivity index (χ1v) is 6.85. The molecule has 102 valence electrons. The number of aliphatic hydroxyl groups is 1. The fourth-order valence-corrected chi connectivity index (χ4v) is 1.78. The van der Waals surface area contributed by atoms with Crippen LogP contribution in [0.3, 0.4) is 0 Å². The molecule has 0 aliphatic carbocycles. The molecule has 0 aromatic heterocycles. The number of rotatable bonds is 7. The lowest BCUT2D eigenvalue weighted by Crippen LogP contribution is -2.33. The molecule has 2 nitrogen and oxygen atoms in total. The van der Waals surface area contributed by atoms with Gasteiger partial charge in [-0.1, -0.05) is 52.0 Å². The highest BCUT2D eigenvalue weighted by Crippen LogP contribution is 2.15. The predicted molar refractivity (Wildman–Crippen MR) is 78.0 cm³/mol. The second kappa shape index (κ2) is 6.91. The Morgan fingerprint density at radius 1 is 1.17 bits per heavy atom. The Morgan fingerprint density at radius 2 is 1.78 bits per heavy atom. The second-order valence-corrected chi connectivity index (χ2v) is 6.15. The summed E-state index contributed by atoms with van der Waals surface area (Å²) >= 11 is 0. The van der Waals surface area contributed by atoms with Crippen LogP contribution in [0.5, 0.6) is 0 Å². The van der Waals surface area contributed by atoms with Gasteiger partial charge < -0.3 is 10.4 Å². The van der Waals surface area contributed by atoms with Crippen molar-refractivity contribution in [3.05, 3.63) is 35.4 Å². The average Bonchev–Trinajstić information content (AvgIpc) is 2.35. The Labute approximate surface area is 111 Å². The van der Waals surface area contributed by atoms with Crippen LogP contribution in [0.2, 0.25) is 0 Å². The van der Waals surface area contributed by atoms with Gasteiger partial charge in [0.1, 0.15) is 0 Å². The van der Waals surface area contributed by atoms with Crippen LogP contribution in [-0.2, 0) is 6.42 Å². The minimum atomic E-state index is -0.0263. The van der Waals surface area contributed by atoms with Crippen molar-refractivity contribution in [2.45, 2.75) is 40.0 Å². The van der Waals surface area contributed by atoms with E-state index in [9.17, 15) is 0 Å². The van der Waals surface area contributed by atoms with Crippen LogP contribution < -0.4 is 5.32 Å². The Balaban J connectivity index is 2.32. The molecular formula is C16H27NO. The van der Waals surface area contributed by atoms with Gasteiger partial charge in [-0.3, -0.25) is 0 Å². The molecule has 0 bridgehead atoms. The molecule has 1 rings (SSSR count). The maximum absolute atomic E-state index is 9.15. The van der Waals surface area contributed by atoms with Gasteiger partial charge in [-0.05, 0) is 30.0 Å². The summed E-state index contributed by atoms with van der Waals surface area (Å²) in [6.45, 7) is 10.6. The fourth-order valence-electron chi connectivity index (χ4n) is 1.78. The maximum Gasteiger partial charge on any atom is 0.0494 e. The van der Waals surface area contributed by atoms with E-state index in [4.69, 9.17) is 5.11 Å². The van der Waals surface area contributed by atoms with Crippen LogP contribution >= 0.6 is 0 Å². The van der Waals surface area contributed by atoms with Crippen LogP contribution in [0.15, 0.2) is 24.3 Å². The van der Waals surface area contributed by atoms with E-state index >= 15 is 0 Å². The standard InChI is InChI=1S/C16H27NO/c1-13(2)15-7-5-14(6-8-15)9-10-17-11-16(3,4)12-18/h5-8,13,17-18H,9-12H2,1-4H3. The van der Waals surface area contributed by atoms with E-state index in [0.29, 0.717) is 5.92 Å². The van der Waals surface area contributed by atoms with Gasteiger partial charge in [-0.15, -0.1) is 0 Å². The molecule has 1 aromatic rings. The highest BCUT2D eigenvalue weighted by Gasteiger charge is 2.14. The molecule has 0 amide bonds. The third-order valence-corrected chi connectivity index (χ3v) is 3.27. The third kappa shape index (κ3) is 5.19. The highest BCUT2D eigenvalue weighted by atomic mass is 16.3. The van der Waals surface area contributed by atoms with E-state index < -0.39 is 0 Å². The van der Waals surface area contributed by atoms with Crippen molar-refractivity contribution >= 4 is 0 Å². The normalized spacial score (nSPS) is 12.1. The van der Waals surface area contributed by atoms with Crippen molar-refractivity contribution in [3.63, 3.8) is 0 Å². The Hall–Kier alpha value is -0.860. The quantitative estimate of drug-likeness (QED) is 0.728. The van der Waals surface area contributed by atoms with Crippen LogP contribution in [0.4, 0.5) is 0 Å². The highest BCUT2D eigenvalue weighted by molar-refractivity contribution is 5.24. The average molecular weight is 249 g/mol. The fraction of sp³-hybridized carbons (Fsp3) is 0.625. The van der Waals surface area contributed by atoms with Gasteiger partial charge in [-0.25, -0.2) is 0 Å². The Bertz CT molecular complexity index is 341. The predicted octanol–water partition coefficient (Wildman–Crippen LogP) is 2.96. The first-order valence-electron chi connectivity index (χ1n) is 6.85. The Morgan fingerprint density at radius 3 is 2.28 bits per heavy atom. The summed E-state index contributed by atoms with van der Waals surface area (Å²) in [5.74, 6) is 0.600. The van der Waals surface area contributed by atoms with E-state index in [1.165, 1.54) is 11.1 Å². The summed E-state index contributed by atoms with van der Waals surface area (Å²) in [7, 11) is 0. The van der Waals surface area contributed by atoms with Crippen molar-refractivity contribution in [3.8, 4) is 0 Å². The molecule has 0 atom stereocenters. The molecule has 18 heavy (non-hydrogen) atoms. The minimum absolute atomic E-state index is 0.0263. The van der Waals surface area contributed by atoms with Gasteiger partial charge in [0, 0.05) is 18.6 Å². The zero-order valence-electron chi connectivity index (χ0n) is 12.2. The Kier molecular flexibility index (Phi) is 5.83. The number of benzene rings is 1. The molecule has 0 aliphatic rings. The first kappa shape index (κ1) is 15.2. The van der Waals surface area contributed by atoms with E-state index in [2.05, 4.69) is 57.3 Å². The summed E-state index contributed by atoms with van der Waals surface area (Å²) < 4.78 is 0. The lowest BCUT2D eigenvalue weighted by molar-refractivity contribution is 0.157. The van der Waals surface area contributed by atoms with E-state index in [1.54, 1.807) is 0 Å². The smallest absolute Gasteiger partial charge is 0.0494 e. The van der Waals surface area contributed by atoms with Gasteiger partial charge in [-0.2, -0.15) is 0 Å². The van der Waals surface area contributed by atoms with Gasteiger partial charge in [0.25, 0.3) is 0 Å². The molecule has 2 N–H and O–H groups in total. The topological polar surface area (TPSA) is 32.3 Å². The molecule has 0 fully saturated rings. The SMILES string of the molecule is CC(C)c1ccc(CCNCC(C)(C)CO)cc1. The summed E-state index contributed by atoms with van der Waals surface area (Å²) in [6.07, 6.45) is 1.04. The molecule has 0 spiro atoms. The molecular weight excluding hydrogens is 222 g/mol. The number of hydrogen-bond donors (Lipinski definition) is 2. The summed E-state index contributed by atoms with van der Waals surface area (Å²) in [4.78, 5) is 0. The lowest BCUT2D eigenvalue weighted by Gasteiger charge is -2.21. The maximum atomic E-state index is 9.15. The van der Waals surface area contributed by atoms with Gasteiger partial charge in [0.15, 0.2) is 0 Å². The van der Waals surface area contributed by atoms with E-state index in [1.807, 2.05) is 0 Å². The van der Waals surface area contributed by atoms with Gasteiger partial charge in [0.2, 0.25) is 0 Å². The van der Waals surface area contributed by atoms with Crippen LogP contribution in [0.1, 0.15) is 44.7 Å². The molecule has 0 heterocycles. The molecule has 0 aliphatic heterocycles. The zero-order chi connectivity index (χ0) is 13.6. The number of aliphatic hydroxyl groups excluding tert-OH is 1. The van der Waals surface area contributed by atoms with Crippen molar-refractivity contribution in [1.82, 2.24) is 5.32 Å². The van der Waals surface area contributed by atoms with E-state index in [-0.39, 0.29) is 12.0 Å². The molecule has 1 aromatic carbocycles. The van der Waals surface area contributed by atoms with Crippen molar-refractivity contribution in [1.29, 1.82) is 0 Å². The lowest BCUT2D eigenvalue weighted by atomic mass is 9.95. The summed E-state index contributed by atoms with van der Waals surface area (Å²) in [5, 5.41) is 12.6. The summed E-state index contributed by atoms with van der Waals surface area (Å²) in [6, 6.07) is 8.87. The van der Waals surface area contributed by atoms with Crippen LogP contribution in [0.25, 0.3) is 0 Å². The largest absolute Gasteiger partial charge is 0.396 e. The minimum Gasteiger partial charge on any atom is -0.396 e. The molecule has 0 radical (unpaired) electrons. The summed E-state index contributed by atoms with van der Waals surface area (Å²) in [5.41, 5.74) is 2.74. The van der Waals surface area contributed by atoms with E-state index in [0.717, 1.165) is 19.5 Å². The molecule has 2 heteroatoms.